The minimum absolute atomic E-state index is 0.0802. The molecule has 1 amide bonds. The van der Waals surface area contributed by atoms with E-state index in [0.29, 0.717) is 5.56 Å². The Labute approximate surface area is 136 Å². The minimum atomic E-state index is -0.0802. The number of hydrogen-bond acceptors (Lipinski definition) is 3. The Bertz CT molecular complexity index is 668. The summed E-state index contributed by atoms with van der Waals surface area (Å²) in [6.45, 7) is 4.24. The van der Waals surface area contributed by atoms with Gasteiger partial charge in [0.05, 0.1) is 0 Å². The Hall–Kier alpha value is -1.78. The number of hydrogen-bond donors (Lipinski definition) is 1. The van der Waals surface area contributed by atoms with Crippen LogP contribution in [0.5, 0.6) is 0 Å². The van der Waals surface area contributed by atoms with Crippen molar-refractivity contribution in [2.24, 2.45) is 0 Å². The van der Waals surface area contributed by atoms with Gasteiger partial charge in [-0.3, -0.25) is 10.2 Å². The highest BCUT2D eigenvalue weighted by Gasteiger charge is 2.07. The number of hydrazine groups is 1. The van der Waals surface area contributed by atoms with Gasteiger partial charge in [0.25, 0.3) is 5.91 Å². The Balaban J connectivity index is 2.05. The highest BCUT2D eigenvalue weighted by molar-refractivity contribution is 7.98. The molecule has 0 saturated carbocycles. The first-order valence-electron chi connectivity index (χ1n) is 7.23. The van der Waals surface area contributed by atoms with Gasteiger partial charge < -0.3 is 0 Å². The van der Waals surface area contributed by atoms with Gasteiger partial charge in [0, 0.05) is 30.3 Å². The van der Waals surface area contributed by atoms with Crippen molar-refractivity contribution in [3.63, 3.8) is 0 Å². The van der Waals surface area contributed by atoms with Gasteiger partial charge >= 0.3 is 0 Å². The zero-order valence-corrected chi connectivity index (χ0v) is 14.3. The van der Waals surface area contributed by atoms with Crippen molar-refractivity contribution in [1.29, 1.82) is 0 Å². The first-order chi connectivity index (χ1) is 10.5. The molecule has 2 aromatic rings. The average Bonchev–Trinajstić information content (AvgIpc) is 2.46. The molecule has 0 atom stereocenters. The highest BCUT2D eigenvalue weighted by Crippen LogP contribution is 2.26. The van der Waals surface area contributed by atoms with E-state index in [1.807, 2.05) is 18.2 Å². The van der Waals surface area contributed by atoms with E-state index >= 15 is 0 Å². The predicted molar refractivity (Wildman–Crippen MR) is 93.1 cm³/mol. The fraction of sp³-hybridized carbons (Fsp3) is 0.278. The fourth-order valence-electron chi connectivity index (χ4n) is 2.19. The van der Waals surface area contributed by atoms with Crippen LogP contribution in [-0.2, 0) is 5.75 Å². The van der Waals surface area contributed by atoms with E-state index in [4.69, 9.17) is 0 Å². The van der Waals surface area contributed by atoms with Crippen molar-refractivity contribution >= 4 is 17.7 Å². The van der Waals surface area contributed by atoms with Crippen LogP contribution in [0.15, 0.2) is 47.4 Å². The van der Waals surface area contributed by atoms with Crippen LogP contribution in [0.3, 0.4) is 0 Å². The molecule has 0 aliphatic heterocycles. The van der Waals surface area contributed by atoms with Crippen LogP contribution >= 0.6 is 11.8 Å². The normalized spacial score (nSPS) is 10.8. The summed E-state index contributed by atoms with van der Waals surface area (Å²) < 4.78 is 0. The van der Waals surface area contributed by atoms with Gasteiger partial charge in [-0.05, 0) is 43.2 Å². The zero-order chi connectivity index (χ0) is 16.1. The van der Waals surface area contributed by atoms with E-state index in [1.54, 1.807) is 30.9 Å². The minimum Gasteiger partial charge on any atom is -0.285 e. The SMILES string of the molecule is Cc1ccc(SCc2cccc(C(=O)NN(C)C)c2)c(C)c1. The number of rotatable bonds is 5. The summed E-state index contributed by atoms with van der Waals surface area (Å²) in [6.07, 6.45) is 0. The third-order valence-corrected chi connectivity index (χ3v) is 4.49. The maximum atomic E-state index is 12.0. The molecule has 0 heterocycles. The zero-order valence-electron chi connectivity index (χ0n) is 13.5. The predicted octanol–water partition coefficient (Wildman–Crippen LogP) is 3.80. The maximum Gasteiger partial charge on any atom is 0.265 e. The second-order valence-corrected chi connectivity index (χ2v) is 6.61. The van der Waals surface area contributed by atoms with Crippen LogP contribution in [0.25, 0.3) is 0 Å². The lowest BCUT2D eigenvalue weighted by Gasteiger charge is -2.12. The number of aryl methyl sites for hydroxylation is 2. The lowest BCUT2D eigenvalue weighted by atomic mass is 10.1. The molecule has 22 heavy (non-hydrogen) atoms. The van der Waals surface area contributed by atoms with Crippen molar-refractivity contribution in [3.05, 3.63) is 64.7 Å². The van der Waals surface area contributed by atoms with Crippen molar-refractivity contribution in [2.45, 2.75) is 24.5 Å². The molecule has 0 unspecified atom stereocenters. The molecular weight excluding hydrogens is 292 g/mol. The molecule has 2 rings (SSSR count). The van der Waals surface area contributed by atoms with Crippen LogP contribution in [0, 0.1) is 13.8 Å². The Kier molecular flexibility index (Phi) is 5.63. The third kappa shape index (κ3) is 4.61. The molecule has 0 radical (unpaired) electrons. The fourth-order valence-corrected chi connectivity index (χ4v) is 3.14. The molecule has 0 aliphatic carbocycles. The van der Waals surface area contributed by atoms with Gasteiger partial charge in [0.2, 0.25) is 0 Å². The van der Waals surface area contributed by atoms with Crippen molar-refractivity contribution in [3.8, 4) is 0 Å². The molecule has 0 saturated heterocycles. The number of nitrogens with zero attached hydrogens (tertiary/aromatic N) is 1. The number of thioether (sulfide) groups is 1. The topological polar surface area (TPSA) is 32.3 Å². The summed E-state index contributed by atoms with van der Waals surface area (Å²) in [5.41, 5.74) is 7.18. The Morgan fingerprint density at radius 3 is 2.59 bits per heavy atom. The number of carbonyl (C=O) groups excluding carboxylic acids is 1. The van der Waals surface area contributed by atoms with Crippen molar-refractivity contribution < 1.29 is 4.79 Å². The second-order valence-electron chi connectivity index (χ2n) is 5.59. The van der Waals surface area contributed by atoms with E-state index in [9.17, 15) is 4.79 Å². The molecule has 0 spiro atoms. The van der Waals surface area contributed by atoms with Crippen LogP contribution in [0.1, 0.15) is 27.0 Å². The summed E-state index contributed by atoms with van der Waals surface area (Å²) in [7, 11) is 3.61. The standard InChI is InChI=1S/C18H22N2OS/c1-13-8-9-17(14(2)10-13)22-12-15-6-5-7-16(11-15)18(21)19-20(3)4/h5-11H,12H2,1-4H3,(H,19,21). The molecule has 1 N–H and O–H groups in total. The maximum absolute atomic E-state index is 12.0. The van der Waals surface area contributed by atoms with Gasteiger partial charge in [-0.15, -0.1) is 11.8 Å². The van der Waals surface area contributed by atoms with Crippen LogP contribution in [0.4, 0.5) is 0 Å². The lowest BCUT2D eigenvalue weighted by Crippen LogP contribution is -2.36. The Morgan fingerprint density at radius 2 is 1.91 bits per heavy atom. The number of carbonyl (C=O) groups is 1. The van der Waals surface area contributed by atoms with Gasteiger partial charge in [0.15, 0.2) is 0 Å². The van der Waals surface area contributed by atoms with E-state index < -0.39 is 0 Å². The summed E-state index contributed by atoms with van der Waals surface area (Å²) >= 11 is 1.80. The molecule has 3 nitrogen and oxygen atoms in total. The van der Waals surface area contributed by atoms with Crippen LogP contribution < -0.4 is 5.43 Å². The highest BCUT2D eigenvalue weighted by atomic mass is 32.2. The second kappa shape index (κ2) is 7.47. The quantitative estimate of drug-likeness (QED) is 0.673. The van der Waals surface area contributed by atoms with Gasteiger partial charge in [-0.2, -0.15) is 0 Å². The Morgan fingerprint density at radius 1 is 1.14 bits per heavy atom. The number of amides is 1. The summed E-state index contributed by atoms with van der Waals surface area (Å²) in [4.78, 5) is 13.3. The van der Waals surface area contributed by atoms with Gasteiger partial charge in [0.1, 0.15) is 0 Å². The molecule has 4 heteroatoms. The van der Waals surface area contributed by atoms with Gasteiger partial charge in [-0.1, -0.05) is 29.8 Å². The summed E-state index contributed by atoms with van der Waals surface area (Å²) in [5, 5.41) is 1.65. The van der Waals surface area contributed by atoms with E-state index in [-0.39, 0.29) is 5.91 Å². The molecule has 0 aliphatic rings. The van der Waals surface area contributed by atoms with E-state index in [1.165, 1.54) is 16.0 Å². The first-order valence-corrected chi connectivity index (χ1v) is 8.21. The van der Waals surface area contributed by atoms with Crippen molar-refractivity contribution in [1.82, 2.24) is 10.4 Å². The molecule has 2 aromatic carbocycles. The van der Waals surface area contributed by atoms with E-state index in [0.717, 1.165) is 11.3 Å². The van der Waals surface area contributed by atoms with Crippen molar-refractivity contribution in [2.75, 3.05) is 14.1 Å². The molecule has 0 aromatic heterocycles. The largest absolute Gasteiger partial charge is 0.285 e. The van der Waals surface area contributed by atoms with Crippen LogP contribution in [0.2, 0.25) is 0 Å². The monoisotopic (exact) mass is 314 g/mol. The lowest BCUT2D eigenvalue weighted by molar-refractivity contribution is 0.0857. The van der Waals surface area contributed by atoms with E-state index in [2.05, 4.69) is 43.5 Å². The van der Waals surface area contributed by atoms with Crippen LogP contribution in [-0.4, -0.2) is 25.0 Å². The summed E-state index contributed by atoms with van der Waals surface area (Å²) in [5.74, 6) is 0.774. The number of benzene rings is 2. The third-order valence-electron chi connectivity index (χ3n) is 3.24. The molecular formula is C18H22N2OS. The molecule has 116 valence electrons. The average molecular weight is 314 g/mol. The first kappa shape index (κ1) is 16.6. The molecule has 0 bridgehead atoms. The summed E-state index contributed by atoms with van der Waals surface area (Å²) in [6, 6.07) is 14.3. The smallest absolute Gasteiger partial charge is 0.265 e. The molecule has 0 fully saturated rings. The van der Waals surface area contributed by atoms with Gasteiger partial charge in [-0.25, -0.2) is 5.01 Å². The number of nitrogens with one attached hydrogen (secondary N) is 1.